The number of carbonyl (C=O) groups excluding carboxylic acids is 1. The van der Waals surface area contributed by atoms with Crippen LogP contribution in [0.1, 0.15) is 57.6 Å². The highest BCUT2D eigenvalue weighted by atomic mass is 16.5. The van der Waals surface area contributed by atoms with Crippen LogP contribution in [0, 0.1) is 5.41 Å². The number of carbonyl (C=O) groups is 1. The summed E-state index contributed by atoms with van der Waals surface area (Å²) in [5.74, 6) is -0.282. The molecule has 0 heterocycles. The third-order valence-electron chi connectivity index (χ3n) is 6.93. The Balaban J connectivity index is 1.48. The summed E-state index contributed by atoms with van der Waals surface area (Å²) in [6.07, 6.45) is 4.91. The molecular weight excluding hydrogens is 396 g/mol. The number of ether oxygens (including phenoxy) is 1. The van der Waals surface area contributed by atoms with Crippen LogP contribution < -0.4 is 0 Å². The van der Waals surface area contributed by atoms with Gasteiger partial charge in [0.2, 0.25) is 0 Å². The fourth-order valence-corrected chi connectivity index (χ4v) is 5.26. The summed E-state index contributed by atoms with van der Waals surface area (Å²) in [6.45, 7) is 2.42. The minimum Gasteiger partial charge on any atom is -0.462 e. The molecule has 0 aliphatic heterocycles. The molecule has 2 aliphatic carbocycles. The van der Waals surface area contributed by atoms with Crippen LogP contribution in [0.15, 0.2) is 78.4 Å². The average Bonchev–Trinajstić information content (AvgIpc) is 3.38. The van der Waals surface area contributed by atoms with Crippen molar-refractivity contribution in [2.45, 2.75) is 38.7 Å². The standard InChI is InChI=1S/C29H28O3/c1-2-15-32-28(31)21-13-11-20(12-14-21)18-29(19-24-9-5-6-10-26(24)27(29)30)25-16-22-7-3-4-8-23(22)17-25/h3-14,16,27,30H,2,15,17-19H2,1H3. The van der Waals surface area contributed by atoms with Crippen molar-refractivity contribution < 1.29 is 14.6 Å². The highest BCUT2D eigenvalue weighted by Gasteiger charge is 2.48. The van der Waals surface area contributed by atoms with E-state index in [2.05, 4.69) is 48.5 Å². The van der Waals surface area contributed by atoms with E-state index in [4.69, 9.17) is 4.74 Å². The summed E-state index contributed by atoms with van der Waals surface area (Å²) in [7, 11) is 0. The maximum Gasteiger partial charge on any atom is 0.338 e. The maximum atomic E-state index is 12.2. The van der Waals surface area contributed by atoms with Gasteiger partial charge in [0.1, 0.15) is 0 Å². The molecule has 0 spiro atoms. The number of rotatable bonds is 6. The molecule has 0 aromatic heterocycles. The van der Waals surface area contributed by atoms with Crippen LogP contribution in [0.25, 0.3) is 6.08 Å². The van der Waals surface area contributed by atoms with Gasteiger partial charge >= 0.3 is 5.97 Å². The summed E-state index contributed by atoms with van der Waals surface area (Å²) >= 11 is 0. The second-order valence-corrected chi connectivity index (χ2v) is 8.99. The normalized spacial score (nSPS) is 21.1. The van der Waals surface area contributed by atoms with Crippen LogP contribution in [0.3, 0.4) is 0 Å². The van der Waals surface area contributed by atoms with E-state index in [0.29, 0.717) is 18.6 Å². The van der Waals surface area contributed by atoms with E-state index < -0.39 is 11.5 Å². The molecular formula is C29H28O3. The SMILES string of the molecule is CCCOC(=O)c1ccc(CC2(C3=Cc4ccccc4C3)Cc3ccccc3C2O)cc1. The van der Waals surface area contributed by atoms with Gasteiger partial charge in [-0.2, -0.15) is 0 Å². The first-order chi connectivity index (χ1) is 15.6. The lowest BCUT2D eigenvalue weighted by atomic mass is 9.70. The summed E-state index contributed by atoms with van der Waals surface area (Å²) in [6, 6.07) is 24.4. The van der Waals surface area contributed by atoms with E-state index in [9.17, 15) is 9.90 Å². The monoisotopic (exact) mass is 424 g/mol. The Morgan fingerprint density at radius 3 is 2.44 bits per heavy atom. The van der Waals surface area contributed by atoms with Gasteiger partial charge in [-0.3, -0.25) is 0 Å². The highest BCUT2D eigenvalue weighted by molar-refractivity contribution is 5.89. The number of hydrogen-bond acceptors (Lipinski definition) is 3. The minimum absolute atomic E-state index is 0.282. The largest absolute Gasteiger partial charge is 0.462 e. The Hall–Kier alpha value is -3.17. The number of hydrogen-bond donors (Lipinski definition) is 1. The molecule has 1 N–H and O–H groups in total. The lowest BCUT2D eigenvalue weighted by molar-refractivity contribution is 0.0504. The first kappa shape index (κ1) is 20.7. The first-order valence-corrected chi connectivity index (χ1v) is 11.4. The van der Waals surface area contributed by atoms with Crippen LogP contribution in [-0.4, -0.2) is 17.7 Å². The topological polar surface area (TPSA) is 46.5 Å². The van der Waals surface area contributed by atoms with E-state index in [-0.39, 0.29) is 5.97 Å². The van der Waals surface area contributed by atoms with Crippen LogP contribution in [0.2, 0.25) is 0 Å². The van der Waals surface area contributed by atoms with Gasteiger partial charge in [0.05, 0.1) is 18.3 Å². The molecule has 0 amide bonds. The highest BCUT2D eigenvalue weighted by Crippen LogP contribution is 2.54. The molecule has 0 radical (unpaired) electrons. The Morgan fingerprint density at radius 2 is 1.72 bits per heavy atom. The smallest absolute Gasteiger partial charge is 0.338 e. The van der Waals surface area contributed by atoms with E-state index in [0.717, 1.165) is 30.4 Å². The van der Waals surface area contributed by atoms with Crippen molar-refractivity contribution in [1.82, 2.24) is 0 Å². The molecule has 3 nitrogen and oxygen atoms in total. The zero-order valence-corrected chi connectivity index (χ0v) is 18.4. The number of aliphatic hydroxyl groups is 1. The first-order valence-electron chi connectivity index (χ1n) is 11.4. The summed E-state index contributed by atoms with van der Waals surface area (Å²) in [4.78, 5) is 12.2. The van der Waals surface area contributed by atoms with Gasteiger partial charge in [-0.05, 0) is 65.6 Å². The number of esters is 1. The predicted octanol–water partition coefficient (Wildman–Crippen LogP) is 5.71. The summed E-state index contributed by atoms with van der Waals surface area (Å²) in [5, 5.41) is 11.6. The maximum absolute atomic E-state index is 12.2. The molecule has 2 aliphatic rings. The molecule has 2 unspecified atom stereocenters. The molecule has 2 atom stereocenters. The number of aliphatic hydroxyl groups excluding tert-OH is 1. The van der Waals surface area contributed by atoms with Crippen molar-refractivity contribution in [2.24, 2.45) is 5.41 Å². The Morgan fingerprint density at radius 1 is 1.00 bits per heavy atom. The molecule has 3 aromatic carbocycles. The molecule has 162 valence electrons. The zero-order chi connectivity index (χ0) is 22.1. The molecule has 3 heteroatoms. The van der Waals surface area contributed by atoms with Crippen LogP contribution in [0.5, 0.6) is 0 Å². The van der Waals surface area contributed by atoms with Gasteiger partial charge in [0.15, 0.2) is 0 Å². The average molecular weight is 425 g/mol. The van der Waals surface area contributed by atoms with E-state index >= 15 is 0 Å². The Kier molecular flexibility index (Phi) is 5.44. The zero-order valence-electron chi connectivity index (χ0n) is 18.4. The molecule has 0 fully saturated rings. The quantitative estimate of drug-likeness (QED) is 0.516. The van der Waals surface area contributed by atoms with Crippen molar-refractivity contribution in [3.05, 3.63) is 112 Å². The van der Waals surface area contributed by atoms with Gasteiger partial charge in [-0.1, -0.05) is 79.2 Å². The predicted molar refractivity (Wildman–Crippen MR) is 126 cm³/mol. The molecule has 0 saturated carbocycles. The fourth-order valence-electron chi connectivity index (χ4n) is 5.26. The van der Waals surface area contributed by atoms with Gasteiger partial charge in [-0.15, -0.1) is 0 Å². The third kappa shape index (κ3) is 3.57. The molecule has 0 saturated heterocycles. The second kappa shape index (κ2) is 8.40. The second-order valence-electron chi connectivity index (χ2n) is 8.99. The van der Waals surface area contributed by atoms with Crippen molar-refractivity contribution in [3.8, 4) is 0 Å². The number of fused-ring (bicyclic) bond motifs is 2. The minimum atomic E-state index is -0.562. The van der Waals surface area contributed by atoms with Crippen molar-refractivity contribution in [3.63, 3.8) is 0 Å². The van der Waals surface area contributed by atoms with Crippen molar-refractivity contribution in [2.75, 3.05) is 6.61 Å². The lowest BCUT2D eigenvalue weighted by Gasteiger charge is -2.35. The fraction of sp³-hybridized carbons (Fsp3) is 0.276. The molecule has 0 bridgehead atoms. The summed E-state index contributed by atoms with van der Waals surface area (Å²) in [5.41, 5.74) is 7.39. The summed E-state index contributed by atoms with van der Waals surface area (Å²) < 4.78 is 5.26. The molecule has 5 rings (SSSR count). The van der Waals surface area contributed by atoms with Crippen LogP contribution in [-0.2, 0) is 24.0 Å². The van der Waals surface area contributed by atoms with Crippen molar-refractivity contribution >= 4 is 12.0 Å². The Labute approximate surface area is 189 Å². The molecule has 32 heavy (non-hydrogen) atoms. The third-order valence-corrected chi connectivity index (χ3v) is 6.93. The lowest BCUT2D eigenvalue weighted by Crippen LogP contribution is -2.31. The van der Waals surface area contributed by atoms with E-state index in [1.165, 1.54) is 22.3 Å². The molecule has 3 aromatic rings. The Bertz CT molecular complexity index is 1180. The van der Waals surface area contributed by atoms with Gasteiger partial charge in [0.25, 0.3) is 0 Å². The van der Waals surface area contributed by atoms with Crippen molar-refractivity contribution in [1.29, 1.82) is 0 Å². The number of benzene rings is 3. The van der Waals surface area contributed by atoms with Gasteiger partial charge in [-0.25, -0.2) is 4.79 Å². The van der Waals surface area contributed by atoms with E-state index in [1.54, 1.807) is 0 Å². The van der Waals surface area contributed by atoms with Gasteiger partial charge < -0.3 is 9.84 Å². The van der Waals surface area contributed by atoms with Crippen LogP contribution in [0.4, 0.5) is 0 Å². The van der Waals surface area contributed by atoms with E-state index in [1.807, 2.05) is 37.3 Å². The van der Waals surface area contributed by atoms with Gasteiger partial charge in [0, 0.05) is 5.41 Å². The van der Waals surface area contributed by atoms with Crippen LogP contribution >= 0.6 is 0 Å².